The Morgan fingerprint density at radius 1 is 1.08 bits per heavy atom. The first kappa shape index (κ1) is 18.2. The summed E-state index contributed by atoms with van der Waals surface area (Å²) < 4.78 is 26.9. The number of hydrogen-bond donors (Lipinski definition) is 1. The Morgan fingerprint density at radius 3 is 2.28 bits per heavy atom. The Morgan fingerprint density at radius 2 is 1.72 bits per heavy atom. The summed E-state index contributed by atoms with van der Waals surface area (Å²) in [6, 6.07) is 6.99. The number of carbonyl (C=O) groups excluding carboxylic acids is 1. The molecule has 2 saturated heterocycles. The predicted octanol–water partition coefficient (Wildman–Crippen LogP) is 2.20. The Balaban J connectivity index is 1.54. The van der Waals surface area contributed by atoms with E-state index < -0.39 is 10.0 Å². The minimum Gasteiger partial charge on any atom is -0.335 e. The number of amides is 2. The van der Waals surface area contributed by atoms with E-state index in [1.165, 1.54) is 4.31 Å². The fraction of sp³-hybridized carbons (Fsp3) is 0.611. The lowest BCUT2D eigenvalue weighted by atomic mass is 10.1. The number of hydrogen-bond acceptors (Lipinski definition) is 3. The highest BCUT2D eigenvalue weighted by Gasteiger charge is 2.31. The second kappa shape index (κ2) is 7.33. The highest BCUT2D eigenvalue weighted by atomic mass is 32.2. The largest absolute Gasteiger partial charge is 0.335 e. The van der Waals surface area contributed by atoms with E-state index in [-0.39, 0.29) is 12.1 Å². The van der Waals surface area contributed by atoms with Gasteiger partial charge in [0, 0.05) is 32.2 Å². The molecule has 1 aromatic carbocycles. The van der Waals surface area contributed by atoms with Crippen molar-refractivity contribution in [1.29, 1.82) is 0 Å². The van der Waals surface area contributed by atoms with Crippen molar-refractivity contribution in [2.24, 2.45) is 5.92 Å². The Hall–Kier alpha value is -1.60. The number of urea groups is 1. The maximum Gasteiger partial charge on any atom is 0.317 e. The Labute approximate surface area is 150 Å². The van der Waals surface area contributed by atoms with Crippen molar-refractivity contribution in [3.8, 4) is 0 Å². The molecule has 0 aromatic heterocycles. The number of rotatable bonds is 3. The van der Waals surface area contributed by atoms with Gasteiger partial charge in [-0.05, 0) is 44.2 Å². The van der Waals surface area contributed by atoms with Crippen LogP contribution < -0.4 is 5.32 Å². The van der Waals surface area contributed by atoms with Gasteiger partial charge in [-0.15, -0.1) is 0 Å². The van der Waals surface area contributed by atoms with Gasteiger partial charge in [0.25, 0.3) is 0 Å². The van der Waals surface area contributed by atoms with E-state index in [2.05, 4.69) is 12.2 Å². The summed E-state index contributed by atoms with van der Waals surface area (Å²) >= 11 is 0. The second-order valence-corrected chi connectivity index (χ2v) is 9.22. The lowest BCUT2D eigenvalue weighted by molar-refractivity contribution is 0.196. The molecule has 138 valence electrons. The zero-order valence-corrected chi connectivity index (χ0v) is 15.8. The minimum atomic E-state index is -3.44. The standard InChI is InChI=1S/C18H27N3O3S/c1-14-3-5-17(6-4-14)25(23,24)21-11-8-16(9-12-21)19-18(22)20-10-7-15(2)13-20/h3-6,15-16H,7-13H2,1-2H3,(H,19,22). The Kier molecular flexibility index (Phi) is 5.34. The van der Waals surface area contributed by atoms with Gasteiger partial charge in [-0.25, -0.2) is 13.2 Å². The van der Waals surface area contributed by atoms with Crippen LogP contribution in [-0.4, -0.2) is 55.9 Å². The molecule has 6 nitrogen and oxygen atoms in total. The van der Waals surface area contributed by atoms with Gasteiger partial charge in [0.1, 0.15) is 0 Å². The molecule has 2 aliphatic heterocycles. The number of nitrogens with one attached hydrogen (secondary N) is 1. The van der Waals surface area contributed by atoms with Crippen molar-refractivity contribution in [1.82, 2.24) is 14.5 Å². The lowest BCUT2D eigenvalue weighted by Crippen LogP contribution is -2.49. The van der Waals surface area contributed by atoms with E-state index in [0.717, 1.165) is 25.1 Å². The van der Waals surface area contributed by atoms with Gasteiger partial charge in [-0.2, -0.15) is 4.31 Å². The molecule has 2 amide bonds. The third-order valence-electron chi connectivity index (χ3n) is 5.15. The number of benzene rings is 1. The Bertz CT molecular complexity index is 710. The summed E-state index contributed by atoms with van der Waals surface area (Å²) in [5, 5.41) is 3.07. The second-order valence-electron chi connectivity index (χ2n) is 7.28. The molecule has 1 atom stereocenters. The van der Waals surface area contributed by atoms with Gasteiger partial charge in [-0.3, -0.25) is 0 Å². The SMILES string of the molecule is Cc1ccc(S(=O)(=O)N2CCC(NC(=O)N3CCC(C)C3)CC2)cc1. The number of sulfonamides is 1. The summed E-state index contributed by atoms with van der Waals surface area (Å²) in [7, 11) is -3.44. The summed E-state index contributed by atoms with van der Waals surface area (Å²) in [4.78, 5) is 14.5. The topological polar surface area (TPSA) is 69.7 Å². The number of likely N-dealkylation sites (tertiary alicyclic amines) is 1. The molecular weight excluding hydrogens is 338 g/mol. The van der Waals surface area contributed by atoms with Gasteiger partial charge >= 0.3 is 6.03 Å². The lowest BCUT2D eigenvalue weighted by Gasteiger charge is -2.32. The molecule has 2 heterocycles. The van der Waals surface area contributed by atoms with E-state index in [4.69, 9.17) is 0 Å². The van der Waals surface area contributed by atoms with Gasteiger partial charge in [-0.1, -0.05) is 24.6 Å². The monoisotopic (exact) mass is 365 g/mol. The number of carbonyl (C=O) groups is 1. The molecule has 0 spiro atoms. The average molecular weight is 365 g/mol. The molecule has 0 bridgehead atoms. The van der Waals surface area contributed by atoms with Gasteiger partial charge in [0.2, 0.25) is 10.0 Å². The summed E-state index contributed by atoms with van der Waals surface area (Å²) in [5.41, 5.74) is 1.04. The first-order chi connectivity index (χ1) is 11.9. The summed E-state index contributed by atoms with van der Waals surface area (Å²) in [6.07, 6.45) is 2.36. The number of aryl methyl sites for hydroxylation is 1. The summed E-state index contributed by atoms with van der Waals surface area (Å²) in [6.45, 7) is 6.60. The molecule has 1 N–H and O–H groups in total. The minimum absolute atomic E-state index is 0.0100. The van der Waals surface area contributed by atoms with Crippen molar-refractivity contribution < 1.29 is 13.2 Å². The van der Waals surface area contributed by atoms with Crippen molar-refractivity contribution in [2.75, 3.05) is 26.2 Å². The number of nitrogens with zero attached hydrogens (tertiary/aromatic N) is 2. The normalized spacial score (nSPS) is 23.0. The van der Waals surface area contributed by atoms with Crippen LogP contribution in [0.15, 0.2) is 29.2 Å². The molecule has 0 aliphatic carbocycles. The molecule has 0 radical (unpaired) electrons. The molecule has 2 aliphatic rings. The fourth-order valence-corrected chi connectivity index (χ4v) is 4.95. The van der Waals surface area contributed by atoms with Crippen LogP contribution >= 0.6 is 0 Å². The predicted molar refractivity (Wildman–Crippen MR) is 96.8 cm³/mol. The number of piperidine rings is 1. The molecular formula is C18H27N3O3S. The van der Waals surface area contributed by atoms with Crippen LogP contribution in [0.5, 0.6) is 0 Å². The maximum absolute atomic E-state index is 12.7. The van der Waals surface area contributed by atoms with Crippen LogP contribution in [0.3, 0.4) is 0 Å². The van der Waals surface area contributed by atoms with Crippen LogP contribution in [-0.2, 0) is 10.0 Å². The van der Waals surface area contributed by atoms with Crippen LogP contribution in [0.2, 0.25) is 0 Å². The first-order valence-corrected chi connectivity index (χ1v) is 10.4. The average Bonchev–Trinajstić information content (AvgIpc) is 3.02. The van der Waals surface area contributed by atoms with E-state index >= 15 is 0 Å². The molecule has 0 saturated carbocycles. The van der Waals surface area contributed by atoms with Crippen molar-refractivity contribution in [3.05, 3.63) is 29.8 Å². The van der Waals surface area contributed by atoms with Crippen molar-refractivity contribution in [3.63, 3.8) is 0 Å². The molecule has 3 rings (SSSR count). The van der Waals surface area contributed by atoms with Crippen LogP contribution in [0, 0.1) is 12.8 Å². The molecule has 7 heteroatoms. The highest BCUT2D eigenvalue weighted by Crippen LogP contribution is 2.22. The molecule has 25 heavy (non-hydrogen) atoms. The molecule has 1 unspecified atom stereocenters. The van der Waals surface area contributed by atoms with E-state index in [1.54, 1.807) is 12.1 Å². The van der Waals surface area contributed by atoms with E-state index in [9.17, 15) is 13.2 Å². The van der Waals surface area contributed by atoms with Crippen LogP contribution in [0.4, 0.5) is 4.79 Å². The first-order valence-electron chi connectivity index (χ1n) is 8.98. The third-order valence-corrected chi connectivity index (χ3v) is 7.06. The molecule has 2 fully saturated rings. The van der Waals surface area contributed by atoms with Crippen LogP contribution in [0.1, 0.15) is 31.7 Å². The zero-order chi connectivity index (χ0) is 18.0. The molecule has 1 aromatic rings. The third kappa shape index (κ3) is 4.15. The van der Waals surface area contributed by atoms with Crippen molar-refractivity contribution in [2.45, 2.75) is 44.0 Å². The van der Waals surface area contributed by atoms with Crippen molar-refractivity contribution >= 4 is 16.1 Å². The quantitative estimate of drug-likeness (QED) is 0.893. The fourth-order valence-electron chi connectivity index (χ4n) is 3.49. The van der Waals surface area contributed by atoms with Crippen LogP contribution in [0.25, 0.3) is 0 Å². The van der Waals surface area contributed by atoms with Gasteiger partial charge in [0.15, 0.2) is 0 Å². The van der Waals surface area contributed by atoms with E-state index in [0.29, 0.717) is 36.7 Å². The van der Waals surface area contributed by atoms with Gasteiger partial charge in [0.05, 0.1) is 4.90 Å². The highest BCUT2D eigenvalue weighted by molar-refractivity contribution is 7.89. The van der Waals surface area contributed by atoms with Gasteiger partial charge < -0.3 is 10.2 Å². The van der Waals surface area contributed by atoms with E-state index in [1.807, 2.05) is 24.0 Å². The smallest absolute Gasteiger partial charge is 0.317 e. The summed E-state index contributed by atoms with van der Waals surface area (Å²) in [5.74, 6) is 0.562. The maximum atomic E-state index is 12.7. The zero-order valence-electron chi connectivity index (χ0n) is 14.9.